The van der Waals surface area contributed by atoms with Gasteiger partial charge in [0, 0.05) is 6.54 Å². The lowest BCUT2D eigenvalue weighted by Crippen LogP contribution is -2.10. The zero-order valence-corrected chi connectivity index (χ0v) is 11.6. The molecule has 5 heteroatoms. The van der Waals surface area contributed by atoms with Crippen molar-refractivity contribution >= 4 is 5.97 Å². The van der Waals surface area contributed by atoms with Crippen LogP contribution in [0.4, 0.5) is 0 Å². The Hall–Kier alpha value is -2.17. The molecule has 0 fully saturated rings. The molecule has 0 saturated heterocycles. The molecular weight excluding hydrogens is 254 g/mol. The van der Waals surface area contributed by atoms with E-state index < -0.39 is 5.97 Å². The SMILES string of the molecule is CCCCn1nnc(C(=O)O)c1CCc1ccccc1. The number of carboxylic acid groups (broad SMARTS) is 1. The van der Waals surface area contributed by atoms with Crippen LogP contribution in [0.5, 0.6) is 0 Å². The first-order valence-corrected chi connectivity index (χ1v) is 6.92. The van der Waals surface area contributed by atoms with Crippen molar-refractivity contribution in [2.75, 3.05) is 0 Å². The van der Waals surface area contributed by atoms with Gasteiger partial charge in [0.15, 0.2) is 5.69 Å². The second-order valence-corrected chi connectivity index (χ2v) is 4.75. The molecule has 0 radical (unpaired) electrons. The maximum absolute atomic E-state index is 11.2. The fourth-order valence-corrected chi connectivity index (χ4v) is 2.14. The lowest BCUT2D eigenvalue weighted by atomic mass is 10.1. The van der Waals surface area contributed by atoms with Crippen molar-refractivity contribution < 1.29 is 9.90 Å². The lowest BCUT2D eigenvalue weighted by molar-refractivity contribution is 0.0689. The Balaban J connectivity index is 2.15. The first-order chi connectivity index (χ1) is 9.72. The molecule has 1 aromatic carbocycles. The number of aromatic nitrogens is 3. The molecule has 2 aromatic rings. The van der Waals surface area contributed by atoms with Crippen LogP contribution in [-0.4, -0.2) is 26.1 Å². The average molecular weight is 273 g/mol. The van der Waals surface area contributed by atoms with E-state index >= 15 is 0 Å². The lowest BCUT2D eigenvalue weighted by Gasteiger charge is -2.06. The summed E-state index contributed by atoms with van der Waals surface area (Å²) in [6.45, 7) is 2.82. The number of aromatic carboxylic acids is 1. The molecule has 0 atom stereocenters. The van der Waals surface area contributed by atoms with Crippen LogP contribution in [0.15, 0.2) is 30.3 Å². The van der Waals surface area contributed by atoms with Gasteiger partial charge in [0.05, 0.1) is 5.69 Å². The van der Waals surface area contributed by atoms with Crippen LogP contribution in [0, 0.1) is 0 Å². The van der Waals surface area contributed by atoms with E-state index in [1.54, 1.807) is 4.68 Å². The molecular formula is C15H19N3O2. The van der Waals surface area contributed by atoms with Crippen molar-refractivity contribution in [3.63, 3.8) is 0 Å². The normalized spacial score (nSPS) is 10.7. The molecule has 0 bridgehead atoms. The van der Waals surface area contributed by atoms with Crippen LogP contribution in [0.25, 0.3) is 0 Å². The zero-order chi connectivity index (χ0) is 14.4. The highest BCUT2D eigenvalue weighted by atomic mass is 16.4. The van der Waals surface area contributed by atoms with Crippen molar-refractivity contribution in [1.82, 2.24) is 15.0 Å². The average Bonchev–Trinajstić information content (AvgIpc) is 2.87. The largest absolute Gasteiger partial charge is 0.476 e. The fraction of sp³-hybridized carbons (Fsp3) is 0.400. The molecule has 1 N–H and O–H groups in total. The molecule has 0 aliphatic rings. The van der Waals surface area contributed by atoms with Crippen LogP contribution >= 0.6 is 0 Å². The van der Waals surface area contributed by atoms with Crippen LogP contribution in [-0.2, 0) is 19.4 Å². The number of hydrogen-bond acceptors (Lipinski definition) is 3. The van der Waals surface area contributed by atoms with Crippen molar-refractivity contribution in [2.24, 2.45) is 0 Å². The maximum Gasteiger partial charge on any atom is 0.358 e. The van der Waals surface area contributed by atoms with Crippen LogP contribution < -0.4 is 0 Å². The quantitative estimate of drug-likeness (QED) is 0.841. The van der Waals surface area contributed by atoms with Crippen molar-refractivity contribution in [3.05, 3.63) is 47.3 Å². The first-order valence-electron chi connectivity index (χ1n) is 6.92. The number of rotatable bonds is 7. The predicted octanol–water partition coefficient (Wildman–Crippen LogP) is 2.56. The van der Waals surface area contributed by atoms with Crippen molar-refractivity contribution in [3.8, 4) is 0 Å². The number of carbonyl (C=O) groups is 1. The number of hydrogen-bond donors (Lipinski definition) is 1. The summed E-state index contributed by atoms with van der Waals surface area (Å²) in [7, 11) is 0. The Labute approximate surface area is 118 Å². The van der Waals surface area contributed by atoms with Gasteiger partial charge in [0.1, 0.15) is 0 Å². The number of aryl methyl sites for hydroxylation is 2. The van der Waals surface area contributed by atoms with Gasteiger partial charge in [-0.1, -0.05) is 48.9 Å². The van der Waals surface area contributed by atoms with Gasteiger partial charge in [-0.2, -0.15) is 0 Å². The van der Waals surface area contributed by atoms with Crippen LogP contribution in [0.1, 0.15) is 41.5 Å². The van der Waals surface area contributed by atoms with Gasteiger partial charge < -0.3 is 5.11 Å². The molecule has 0 saturated carbocycles. The van der Waals surface area contributed by atoms with Crippen LogP contribution in [0.3, 0.4) is 0 Å². The Kier molecular flexibility index (Phi) is 4.87. The standard InChI is InChI=1S/C15H19N3O2/c1-2-3-11-18-13(14(15(19)20)16-17-18)10-9-12-7-5-4-6-8-12/h4-8H,2-3,9-11H2,1H3,(H,19,20). The molecule has 0 amide bonds. The third-order valence-corrected chi connectivity index (χ3v) is 3.26. The van der Waals surface area contributed by atoms with E-state index in [0.717, 1.165) is 31.5 Å². The maximum atomic E-state index is 11.2. The molecule has 0 spiro atoms. The van der Waals surface area contributed by atoms with Crippen LogP contribution in [0.2, 0.25) is 0 Å². The summed E-state index contributed by atoms with van der Waals surface area (Å²) in [5.41, 5.74) is 1.99. The summed E-state index contributed by atoms with van der Waals surface area (Å²) in [5.74, 6) is -1.00. The minimum Gasteiger partial charge on any atom is -0.476 e. The van der Waals surface area contributed by atoms with Crippen molar-refractivity contribution in [1.29, 1.82) is 0 Å². The molecule has 1 heterocycles. The van der Waals surface area contributed by atoms with Gasteiger partial charge in [-0.25, -0.2) is 9.48 Å². The number of unbranched alkanes of at least 4 members (excludes halogenated alkanes) is 1. The van der Waals surface area contributed by atoms with Gasteiger partial charge in [-0.15, -0.1) is 5.10 Å². The molecule has 106 valence electrons. The Morgan fingerprint density at radius 3 is 2.65 bits per heavy atom. The Bertz CT molecular complexity index is 564. The summed E-state index contributed by atoms with van der Waals surface area (Å²) in [5, 5.41) is 17.0. The minimum absolute atomic E-state index is 0.0806. The van der Waals surface area contributed by atoms with Gasteiger partial charge in [0.25, 0.3) is 0 Å². The van der Waals surface area contributed by atoms with E-state index in [9.17, 15) is 9.90 Å². The Morgan fingerprint density at radius 2 is 2.00 bits per heavy atom. The molecule has 0 unspecified atom stereocenters. The van der Waals surface area contributed by atoms with E-state index in [1.165, 1.54) is 5.56 Å². The zero-order valence-electron chi connectivity index (χ0n) is 11.6. The number of nitrogens with zero attached hydrogens (tertiary/aromatic N) is 3. The monoisotopic (exact) mass is 273 g/mol. The predicted molar refractivity (Wildman–Crippen MR) is 75.7 cm³/mol. The molecule has 1 aromatic heterocycles. The fourth-order valence-electron chi connectivity index (χ4n) is 2.14. The molecule has 0 aliphatic carbocycles. The highest BCUT2D eigenvalue weighted by Gasteiger charge is 2.18. The summed E-state index contributed by atoms with van der Waals surface area (Å²) in [6, 6.07) is 10.0. The third-order valence-electron chi connectivity index (χ3n) is 3.26. The third kappa shape index (κ3) is 3.44. The van der Waals surface area contributed by atoms with E-state index in [-0.39, 0.29) is 5.69 Å². The molecule has 20 heavy (non-hydrogen) atoms. The summed E-state index contributed by atoms with van der Waals surface area (Å²) < 4.78 is 1.73. The van der Waals surface area contributed by atoms with E-state index in [0.29, 0.717) is 6.42 Å². The van der Waals surface area contributed by atoms with Gasteiger partial charge >= 0.3 is 5.97 Å². The minimum atomic E-state index is -1.00. The van der Waals surface area contributed by atoms with Gasteiger partial charge in [-0.05, 0) is 24.8 Å². The summed E-state index contributed by atoms with van der Waals surface area (Å²) >= 11 is 0. The van der Waals surface area contributed by atoms with Gasteiger partial charge in [-0.3, -0.25) is 0 Å². The Morgan fingerprint density at radius 1 is 1.25 bits per heavy atom. The van der Waals surface area contributed by atoms with E-state index in [4.69, 9.17) is 0 Å². The second-order valence-electron chi connectivity index (χ2n) is 4.75. The first kappa shape index (κ1) is 14.2. The topological polar surface area (TPSA) is 68.0 Å². The summed E-state index contributed by atoms with van der Waals surface area (Å²) in [4.78, 5) is 11.2. The van der Waals surface area contributed by atoms with Gasteiger partial charge in [0.2, 0.25) is 0 Å². The highest BCUT2D eigenvalue weighted by molar-refractivity contribution is 5.86. The highest BCUT2D eigenvalue weighted by Crippen LogP contribution is 2.12. The summed E-state index contributed by atoms with van der Waals surface area (Å²) in [6.07, 6.45) is 3.45. The van der Waals surface area contributed by atoms with E-state index in [2.05, 4.69) is 17.2 Å². The molecule has 0 aliphatic heterocycles. The number of benzene rings is 1. The number of carboxylic acids is 1. The second kappa shape index (κ2) is 6.84. The van der Waals surface area contributed by atoms with Crippen molar-refractivity contribution in [2.45, 2.75) is 39.2 Å². The smallest absolute Gasteiger partial charge is 0.358 e. The van der Waals surface area contributed by atoms with E-state index in [1.807, 2.05) is 30.3 Å². The molecule has 5 nitrogen and oxygen atoms in total. The molecule has 2 rings (SSSR count).